The molecule has 0 aliphatic rings. The van der Waals surface area contributed by atoms with Gasteiger partial charge in [-0.1, -0.05) is 0 Å². The summed E-state index contributed by atoms with van der Waals surface area (Å²) in [6.07, 6.45) is 8.83. The summed E-state index contributed by atoms with van der Waals surface area (Å²) in [7, 11) is 0. The van der Waals surface area contributed by atoms with Gasteiger partial charge >= 0.3 is 0 Å². The Morgan fingerprint density at radius 3 is 1.82 bits per heavy atom. The first-order valence-electron chi connectivity index (χ1n) is 3.00. The Morgan fingerprint density at radius 2 is 1.64 bits per heavy atom. The van der Waals surface area contributed by atoms with Crippen LogP contribution in [0.3, 0.4) is 0 Å². The van der Waals surface area contributed by atoms with Gasteiger partial charge in [0.2, 0.25) is 0 Å². The number of imidazole rings is 1. The van der Waals surface area contributed by atoms with Crippen LogP contribution in [0.2, 0.25) is 0 Å². The third kappa shape index (κ3) is 4.92. The lowest BCUT2D eigenvalue weighted by atomic mass is 10.7. The zero-order chi connectivity index (χ0) is 7.07. The van der Waals surface area contributed by atoms with Crippen LogP contribution in [0.5, 0.6) is 0 Å². The molecule has 2 heterocycles. The molecule has 60 valence electrons. The van der Waals surface area contributed by atoms with Crippen molar-refractivity contribution in [2.24, 2.45) is 0 Å². The van der Waals surface area contributed by atoms with E-state index in [2.05, 4.69) is 15.0 Å². The van der Waals surface area contributed by atoms with E-state index in [-0.39, 0.29) is 6.15 Å². The van der Waals surface area contributed by atoms with Crippen LogP contribution < -0.4 is 6.15 Å². The highest BCUT2D eigenvalue weighted by Crippen LogP contribution is 1.72. The first-order chi connectivity index (χ1) is 5.00. The van der Waals surface area contributed by atoms with Crippen LogP contribution in [0.15, 0.2) is 43.2 Å². The van der Waals surface area contributed by atoms with Crippen molar-refractivity contribution in [3.8, 4) is 0 Å². The fourth-order valence-electron chi connectivity index (χ4n) is 0.493. The lowest BCUT2D eigenvalue weighted by Crippen LogP contribution is -1.44. The van der Waals surface area contributed by atoms with E-state index in [0.717, 1.165) is 0 Å². The maximum absolute atomic E-state index is 3.67. The van der Waals surface area contributed by atoms with Gasteiger partial charge in [-0.05, 0) is 12.1 Å². The molecule has 0 aromatic carbocycles. The summed E-state index contributed by atoms with van der Waals surface area (Å²) >= 11 is 0. The molecule has 0 unspecified atom stereocenters. The van der Waals surface area contributed by atoms with Gasteiger partial charge in [-0.3, -0.25) is 0 Å². The summed E-state index contributed by atoms with van der Waals surface area (Å²) in [6, 6.07) is 3.89. The number of H-pyrrole nitrogens is 2. The number of hydrogen-bond donors (Lipinski definition) is 3. The van der Waals surface area contributed by atoms with Gasteiger partial charge in [-0.25, -0.2) is 4.98 Å². The number of hydrogen-bond acceptors (Lipinski definition) is 2. The summed E-state index contributed by atoms with van der Waals surface area (Å²) in [5, 5.41) is 0. The first kappa shape index (κ1) is 9.45. The second-order valence-electron chi connectivity index (χ2n) is 1.65. The van der Waals surface area contributed by atoms with Gasteiger partial charge in [0.05, 0.1) is 6.33 Å². The van der Waals surface area contributed by atoms with Crippen molar-refractivity contribution in [2.75, 3.05) is 0 Å². The van der Waals surface area contributed by atoms with Crippen LogP contribution in [0, 0.1) is 0 Å². The van der Waals surface area contributed by atoms with E-state index in [4.69, 9.17) is 0 Å². The molecule has 4 nitrogen and oxygen atoms in total. The second-order valence-corrected chi connectivity index (χ2v) is 1.65. The highest BCUT2D eigenvalue weighted by atomic mass is 14.8. The van der Waals surface area contributed by atoms with Crippen molar-refractivity contribution >= 4 is 0 Å². The summed E-state index contributed by atoms with van der Waals surface area (Å²) in [6.45, 7) is 0. The predicted octanol–water partition coefficient (Wildman–Crippen LogP) is 1.59. The maximum atomic E-state index is 3.67. The van der Waals surface area contributed by atoms with Crippen LogP contribution >= 0.6 is 0 Å². The SMILES string of the molecule is N.c1c[nH]cn1.c1cc[nH]c1. The number of nitrogens with zero attached hydrogens (tertiary/aromatic N) is 1. The molecule has 11 heavy (non-hydrogen) atoms. The maximum Gasteiger partial charge on any atom is 0.0919 e. The minimum absolute atomic E-state index is 0. The molecule has 0 fully saturated rings. The minimum atomic E-state index is 0. The zero-order valence-electron chi connectivity index (χ0n) is 6.20. The lowest BCUT2D eigenvalue weighted by molar-refractivity contribution is 1.31. The number of nitrogens with one attached hydrogen (secondary N) is 2. The van der Waals surface area contributed by atoms with Crippen molar-refractivity contribution in [3.63, 3.8) is 0 Å². The molecule has 2 rings (SSSR count). The van der Waals surface area contributed by atoms with Crippen LogP contribution in [0.4, 0.5) is 0 Å². The van der Waals surface area contributed by atoms with Crippen molar-refractivity contribution in [1.82, 2.24) is 21.1 Å². The number of aromatic nitrogens is 3. The molecule has 2 aromatic rings. The molecule has 0 aliphatic carbocycles. The van der Waals surface area contributed by atoms with Gasteiger partial charge in [0.15, 0.2) is 0 Å². The Hall–Kier alpha value is -1.55. The van der Waals surface area contributed by atoms with E-state index in [1.54, 1.807) is 18.7 Å². The Morgan fingerprint density at radius 1 is 0.909 bits per heavy atom. The summed E-state index contributed by atoms with van der Waals surface area (Å²) in [5.41, 5.74) is 0. The number of rotatable bonds is 0. The first-order valence-corrected chi connectivity index (χ1v) is 3.00. The molecule has 0 spiro atoms. The standard InChI is InChI=1S/C4H5N.C3H4N2.H3N/c1-2-4-5-3-1;1-2-5-3-4-1;/h1-5H;1-3H,(H,4,5);1H3. The molecule has 4 heteroatoms. The molecule has 0 saturated heterocycles. The number of aromatic amines is 2. The third-order valence-electron chi connectivity index (χ3n) is 0.902. The van der Waals surface area contributed by atoms with Gasteiger partial charge in [-0.2, -0.15) is 0 Å². The third-order valence-corrected chi connectivity index (χ3v) is 0.902. The summed E-state index contributed by atoms with van der Waals surface area (Å²) in [4.78, 5) is 9.28. The van der Waals surface area contributed by atoms with Gasteiger partial charge in [0, 0.05) is 24.8 Å². The van der Waals surface area contributed by atoms with E-state index in [1.807, 2.05) is 24.5 Å². The van der Waals surface area contributed by atoms with E-state index in [1.165, 1.54) is 0 Å². The Kier molecular flexibility index (Phi) is 5.64. The molecule has 2 aromatic heterocycles. The molecule has 0 atom stereocenters. The van der Waals surface area contributed by atoms with Crippen molar-refractivity contribution in [1.29, 1.82) is 0 Å². The van der Waals surface area contributed by atoms with E-state index in [9.17, 15) is 0 Å². The quantitative estimate of drug-likeness (QED) is 0.535. The molecule has 5 N–H and O–H groups in total. The van der Waals surface area contributed by atoms with Gasteiger partial charge in [0.1, 0.15) is 0 Å². The highest BCUT2D eigenvalue weighted by molar-refractivity contribution is 4.84. The van der Waals surface area contributed by atoms with Crippen LogP contribution in [-0.4, -0.2) is 15.0 Å². The Labute approximate surface area is 65.3 Å². The smallest absolute Gasteiger partial charge is 0.0919 e. The fourth-order valence-corrected chi connectivity index (χ4v) is 0.493. The highest BCUT2D eigenvalue weighted by Gasteiger charge is 1.56. The van der Waals surface area contributed by atoms with Crippen molar-refractivity contribution in [3.05, 3.63) is 43.2 Å². The van der Waals surface area contributed by atoms with Crippen LogP contribution in [-0.2, 0) is 0 Å². The van der Waals surface area contributed by atoms with Crippen molar-refractivity contribution < 1.29 is 0 Å². The minimum Gasteiger partial charge on any atom is -0.368 e. The van der Waals surface area contributed by atoms with E-state index in [0.29, 0.717) is 0 Å². The largest absolute Gasteiger partial charge is 0.368 e. The Balaban J connectivity index is 0.000000167. The second kappa shape index (κ2) is 6.57. The molecule has 0 aliphatic heterocycles. The van der Waals surface area contributed by atoms with Crippen LogP contribution in [0.25, 0.3) is 0 Å². The molecular weight excluding hydrogens is 140 g/mol. The molecule has 0 amide bonds. The van der Waals surface area contributed by atoms with Gasteiger partial charge in [-0.15, -0.1) is 0 Å². The molecule has 0 bridgehead atoms. The van der Waals surface area contributed by atoms with Crippen molar-refractivity contribution in [2.45, 2.75) is 0 Å². The van der Waals surface area contributed by atoms with Crippen LogP contribution in [0.1, 0.15) is 0 Å². The van der Waals surface area contributed by atoms with E-state index >= 15 is 0 Å². The molecular formula is C7H12N4. The van der Waals surface area contributed by atoms with Gasteiger partial charge in [0.25, 0.3) is 0 Å². The zero-order valence-corrected chi connectivity index (χ0v) is 6.20. The lowest BCUT2D eigenvalue weighted by Gasteiger charge is -1.49. The van der Waals surface area contributed by atoms with Gasteiger partial charge < -0.3 is 16.1 Å². The topological polar surface area (TPSA) is 79.5 Å². The normalized spacial score (nSPS) is 7.27. The predicted molar refractivity (Wildman–Crippen MR) is 44.4 cm³/mol. The molecule has 0 radical (unpaired) electrons. The van der Waals surface area contributed by atoms with E-state index < -0.39 is 0 Å². The monoisotopic (exact) mass is 152 g/mol. The average molecular weight is 152 g/mol. The Bertz CT molecular complexity index is 150. The summed E-state index contributed by atoms with van der Waals surface area (Å²) < 4.78 is 0. The molecule has 0 saturated carbocycles. The average Bonchev–Trinajstić information content (AvgIpc) is 2.67. The fraction of sp³-hybridized carbons (Fsp3) is 0. The summed E-state index contributed by atoms with van der Waals surface area (Å²) in [5.74, 6) is 0.